The number of carbonyl (C=O) groups is 1. The first-order valence-electron chi connectivity index (χ1n) is 7.51. The molecule has 0 bridgehead atoms. The Morgan fingerprint density at radius 1 is 1.19 bits per heavy atom. The molecule has 0 spiro atoms. The van der Waals surface area contributed by atoms with Crippen LogP contribution in [-0.4, -0.2) is 25.2 Å². The number of nitrogens with two attached hydrogens (primary N) is 1. The first-order valence-corrected chi connectivity index (χ1v) is 7.51. The van der Waals surface area contributed by atoms with E-state index in [9.17, 15) is 4.79 Å². The molecule has 1 aromatic rings. The summed E-state index contributed by atoms with van der Waals surface area (Å²) in [5.74, 6) is -0.132. The number of anilines is 1. The molecule has 1 saturated carbocycles. The Hall–Kier alpha value is -1.26. The molecule has 1 aliphatic carbocycles. The van der Waals surface area contributed by atoms with Gasteiger partial charge in [-0.1, -0.05) is 37.8 Å². The summed E-state index contributed by atoms with van der Waals surface area (Å²) in [7, 11) is 0. The minimum atomic E-state index is -0.132. The van der Waals surface area contributed by atoms with Crippen LogP contribution in [0.2, 0.25) is 0 Å². The maximum absolute atomic E-state index is 11.9. The minimum absolute atomic E-state index is 0. The maximum Gasteiger partial charge on any atom is 0.253 e. The van der Waals surface area contributed by atoms with Gasteiger partial charge in [-0.2, -0.15) is 0 Å². The van der Waals surface area contributed by atoms with E-state index in [0.29, 0.717) is 30.5 Å². The molecular weight excluding hydrogens is 288 g/mol. The monoisotopic (exact) mass is 312 g/mol. The number of amides is 1. The fraction of sp³-hybridized carbons (Fsp3) is 0.562. The van der Waals surface area contributed by atoms with Crippen molar-refractivity contribution >= 4 is 24.0 Å². The molecule has 0 heterocycles. The number of hydrogen-bond donors (Lipinski definition) is 2. The smallest absolute Gasteiger partial charge is 0.253 e. The van der Waals surface area contributed by atoms with Gasteiger partial charge in [0.1, 0.15) is 0 Å². The quantitative estimate of drug-likeness (QED) is 0.498. The fourth-order valence-corrected chi connectivity index (χ4v) is 2.60. The van der Waals surface area contributed by atoms with Crippen LogP contribution < -0.4 is 11.1 Å². The highest BCUT2D eigenvalue weighted by Crippen LogP contribution is 2.19. The molecule has 0 unspecified atom stereocenters. The third kappa shape index (κ3) is 5.94. The van der Waals surface area contributed by atoms with Crippen molar-refractivity contribution in [2.75, 3.05) is 18.9 Å². The summed E-state index contributed by atoms with van der Waals surface area (Å²) in [6, 6.07) is 7.10. The van der Waals surface area contributed by atoms with Crippen molar-refractivity contribution in [1.29, 1.82) is 0 Å². The van der Waals surface area contributed by atoms with E-state index in [0.717, 1.165) is 12.8 Å². The molecule has 0 aliphatic heterocycles. The van der Waals surface area contributed by atoms with Gasteiger partial charge in [0.05, 0.1) is 18.3 Å². The molecule has 118 valence electrons. The van der Waals surface area contributed by atoms with Gasteiger partial charge in [0, 0.05) is 12.2 Å². The van der Waals surface area contributed by atoms with Gasteiger partial charge < -0.3 is 15.8 Å². The second-order valence-electron chi connectivity index (χ2n) is 5.33. The van der Waals surface area contributed by atoms with E-state index in [1.54, 1.807) is 12.1 Å². The molecule has 0 radical (unpaired) electrons. The standard InChI is InChI=1S/C16H24N2O2.ClH/c17-15-10-6-5-9-14(15)16(19)18-11-12-20-13-7-3-1-2-4-8-13;/h5-6,9-10,13H,1-4,7-8,11-12,17H2,(H,18,19);1H. The van der Waals surface area contributed by atoms with Gasteiger partial charge in [-0.15, -0.1) is 12.4 Å². The largest absolute Gasteiger partial charge is 0.398 e. The van der Waals surface area contributed by atoms with Crippen LogP contribution in [0.15, 0.2) is 24.3 Å². The van der Waals surface area contributed by atoms with E-state index in [4.69, 9.17) is 10.5 Å². The highest BCUT2D eigenvalue weighted by molar-refractivity contribution is 5.99. The Bertz CT molecular complexity index is 432. The normalized spacial score (nSPS) is 15.8. The van der Waals surface area contributed by atoms with Crippen LogP contribution in [0.25, 0.3) is 0 Å². The molecule has 1 aromatic carbocycles. The van der Waals surface area contributed by atoms with Gasteiger partial charge in [0.2, 0.25) is 0 Å². The second kappa shape index (κ2) is 9.64. The molecule has 21 heavy (non-hydrogen) atoms. The number of benzene rings is 1. The lowest BCUT2D eigenvalue weighted by Gasteiger charge is -2.15. The lowest BCUT2D eigenvalue weighted by atomic mass is 10.1. The average molecular weight is 313 g/mol. The number of rotatable bonds is 5. The molecule has 4 nitrogen and oxygen atoms in total. The molecule has 1 aliphatic rings. The zero-order chi connectivity index (χ0) is 14.2. The molecule has 1 fully saturated rings. The molecule has 2 rings (SSSR count). The SMILES string of the molecule is Cl.Nc1ccccc1C(=O)NCCOC1CCCCCC1. The van der Waals surface area contributed by atoms with Gasteiger partial charge in [0.25, 0.3) is 5.91 Å². The summed E-state index contributed by atoms with van der Waals surface area (Å²) >= 11 is 0. The highest BCUT2D eigenvalue weighted by atomic mass is 35.5. The molecule has 0 aromatic heterocycles. The van der Waals surface area contributed by atoms with Crippen molar-refractivity contribution in [3.63, 3.8) is 0 Å². The van der Waals surface area contributed by atoms with Crippen LogP contribution in [0.1, 0.15) is 48.9 Å². The molecule has 1 amide bonds. The number of para-hydroxylation sites is 1. The van der Waals surface area contributed by atoms with E-state index in [2.05, 4.69) is 5.32 Å². The first kappa shape index (κ1) is 17.8. The predicted octanol–water partition coefficient (Wildman–Crippen LogP) is 3.16. The number of nitrogen functional groups attached to an aromatic ring is 1. The van der Waals surface area contributed by atoms with Gasteiger partial charge in [-0.05, 0) is 25.0 Å². The summed E-state index contributed by atoms with van der Waals surface area (Å²) in [6.45, 7) is 1.10. The van der Waals surface area contributed by atoms with Crippen LogP contribution in [0, 0.1) is 0 Å². The second-order valence-corrected chi connectivity index (χ2v) is 5.33. The summed E-state index contributed by atoms with van der Waals surface area (Å²) in [4.78, 5) is 11.9. The van der Waals surface area contributed by atoms with E-state index < -0.39 is 0 Å². The van der Waals surface area contributed by atoms with Gasteiger partial charge >= 0.3 is 0 Å². The van der Waals surface area contributed by atoms with Crippen LogP contribution >= 0.6 is 12.4 Å². The van der Waals surface area contributed by atoms with E-state index >= 15 is 0 Å². The number of carbonyl (C=O) groups excluding carboxylic acids is 1. The number of halogens is 1. The highest BCUT2D eigenvalue weighted by Gasteiger charge is 2.13. The summed E-state index contributed by atoms with van der Waals surface area (Å²) in [5, 5.41) is 2.85. The topological polar surface area (TPSA) is 64.4 Å². The Morgan fingerprint density at radius 3 is 2.52 bits per heavy atom. The number of ether oxygens (including phenoxy) is 1. The lowest BCUT2D eigenvalue weighted by Crippen LogP contribution is -2.29. The molecule has 0 atom stereocenters. The zero-order valence-electron chi connectivity index (χ0n) is 12.3. The van der Waals surface area contributed by atoms with E-state index in [-0.39, 0.29) is 18.3 Å². The van der Waals surface area contributed by atoms with Crippen molar-refractivity contribution in [2.45, 2.75) is 44.6 Å². The number of hydrogen-bond acceptors (Lipinski definition) is 3. The fourth-order valence-electron chi connectivity index (χ4n) is 2.60. The summed E-state index contributed by atoms with van der Waals surface area (Å²) in [6.07, 6.45) is 7.85. The molecular formula is C16H25ClN2O2. The Morgan fingerprint density at radius 2 is 1.86 bits per heavy atom. The summed E-state index contributed by atoms with van der Waals surface area (Å²) < 4.78 is 5.83. The first-order chi connectivity index (χ1) is 9.77. The average Bonchev–Trinajstić information content (AvgIpc) is 2.72. The zero-order valence-corrected chi connectivity index (χ0v) is 13.2. The molecule has 0 saturated heterocycles. The van der Waals surface area contributed by atoms with Crippen molar-refractivity contribution in [2.24, 2.45) is 0 Å². The Kier molecular flexibility index (Phi) is 8.16. The summed E-state index contributed by atoms with van der Waals surface area (Å²) in [5.41, 5.74) is 6.81. The van der Waals surface area contributed by atoms with E-state index in [1.165, 1.54) is 25.7 Å². The van der Waals surface area contributed by atoms with E-state index in [1.807, 2.05) is 12.1 Å². The Balaban J connectivity index is 0.00000220. The predicted molar refractivity (Wildman–Crippen MR) is 87.9 cm³/mol. The van der Waals surface area contributed by atoms with Gasteiger partial charge in [0.15, 0.2) is 0 Å². The van der Waals surface area contributed by atoms with Crippen molar-refractivity contribution in [3.8, 4) is 0 Å². The van der Waals surface area contributed by atoms with Crippen LogP contribution in [0.3, 0.4) is 0 Å². The van der Waals surface area contributed by atoms with Crippen LogP contribution in [0.4, 0.5) is 5.69 Å². The Labute approximate surface area is 132 Å². The van der Waals surface area contributed by atoms with Crippen molar-refractivity contribution in [3.05, 3.63) is 29.8 Å². The molecule has 3 N–H and O–H groups in total. The van der Waals surface area contributed by atoms with Crippen LogP contribution in [0.5, 0.6) is 0 Å². The lowest BCUT2D eigenvalue weighted by molar-refractivity contribution is 0.0442. The van der Waals surface area contributed by atoms with Crippen LogP contribution in [-0.2, 0) is 4.74 Å². The van der Waals surface area contributed by atoms with Gasteiger partial charge in [-0.3, -0.25) is 4.79 Å². The van der Waals surface area contributed by atoms with Crippen molar-refractivity contribution < 1.29 is 9.53 Å². The molecule has 5 heteroatoms. The van der Waals surface area contributed by atoms with Crippen molar-refractivity contribution in [1.82, 2.24) is 5.32 Å². The maximum atomic E-state index is 11.9. The minimum Gasteiger partial charge on any atom is -0.398 e. The third-order valence-electron chi connectivity index (χ3n) is 3.75. The third-order valence-corrected chi connectivity index (χ3v) is 3.75. The number of nitrogens with one attached hydrogen (secondary N) is 1. The van der Waals surface area contributed by atoms with Gasteiger partial charge in [-0.25, -0.2) is 0 Å².